The molecule has 0 radical (unpaired) electrons. The Bertz CT molecular complexity index is 1070. The maximum Gasteiger partial charge on any atom is 0.251 e. The molecule has 31 heavy (non-hydrogen) atoms. The highest BCUT2D eigenvalue weighted by Crippen LogP contribution is 2.22. The molecule has 0 saturated heterocycles. The van der Waals surface area contributed by atoms with Gasteiger partial charge in [-0.25, -0.2) is 0 Å². The smallest absolute Gasteiger partial charge is 0.251 e. The van der Waals surface area contributed by atoms with E-state index in [4.69, 9.17) is 0 Å². The second-order valence-electron chi connectivity index (χ2n) is 7.23. The van der Waals surface area contributed by atoms with Gasteiger partial charge in [0.1, 0.15) is 0 Å². The summed E-state index contributed by atoms with van der Waals surface area (Å²) in [5, 5.41) is 15.1. The molecule has 1 atom stereocenters. The second-order valence-corrected chi connectivity index (χ2v) is 8.17. The molecule has 1 heterocycles. The minimum absolute atomic E-state index is 0.101. The normalized spacial score (nSPS) is 11.7. The highest BCUT2D eigenvalue weighted by atomic mass is 32.2. The maximum atomic E-state index is 12.4. The third-order valence-electron chi connectivity index (χ3n) is 5.04. The molecule has 0 fully saturated rings. The number of anilines is 1. The molecular weight excluding hydrogens is 410 g/mol. The largest absolute Gasteiger partial charge is 0.342 e. The van der Waals surface area contributed by atoms with E-state index in [0.29, 0.717) is 23.1 Å². The number of carbonyl (C=O) groups excluding carboxylic acids is 2. The van der Waals surface area contributed by atoms with Gasteiger partial charge in [0.15, 0.2) is 11.0 Å². The van der Waals surface area contributed by atoms with Gasteiger partial charge in [-0.1, -0.05) is 42.1 Å². The number of rotatable bonds is 8. The molecule has 0 aliphatic heterocycles. The van der Waals surface area contributed by atoms with Crippen molar-refractivity contribution in [1.82, 2.24) is 20.1 Å². The number of nitrogens with one attached hydrogen (secondary N) is 2. The Labute approximate surface area is 186 Å². The molecule has 2 aromatic carbocycles. The Morgan fingerprint density at radius 3 is 2.52 bits per heavy atom. The number of amides is 2. The van der Waals surface area contributed by atoms with Gasteiger partial charge in [-0.15, -0.1) is 10.2 Å². The lowest BCUT2D eigenvalue weighted by atomic mass is 10.1. The molecule has 2 amide bonds. The van der Waals surface area contributed by atoms with E-state index < -0.39 is 0 Å². The molecule has 0 unspecified atom stereocenters. The van der Waals surface area contributed by atoms with Crippen LogP contribution in [0.25, 0.3) is 0 Å². The fourth-order valence-electron chi connectivity index (χ4n) is 3.16. The lowest BCUT2D eigenvalue weighted by Crippen LogP contribution is -2.28. The monoisotopic (exact) mass is 437 g/mol. The van der Waals surface area contributed by atoms with Crippen molar-refractivity contribution in [3.8, 4) is 0 Å². The van der Waals surface area contributed by atoms with Crippen molar-refractivity contribution in [2.24, 2.45) is 0 Å². The summed E-state index contributed by atoms with van der Waals surface area (Å²) < 4.78 is 1.92. The van der Waals surface area contributed by atoms with Crippen molar-refractivity contribution in [2.75, 3.05) is 11.1 Å². The zero-order chi connectivity index (χ0) is 22.4. The first-order valence-corrected chi connectivity index (χ1v) is 11.2. The van der Waals surface area contributed by atoms with Gasteiger partial charge < -0.3 is 15.2 Å². The fourth-order valence-corrected chi connectivity index (χ4v) is 3.97. The van der Waals surface area contributed by atoms with Crippen molar-refractivity contribution >= 4 is 29.3 Å². The summed E-state index contributed by atoms with van der Waals surface area (Å²) in [6.07, 6.45) is 0. The molecule has 0 bridgehead atoms. The zero-order valence-electron chi connectivity index (χ0n) is 18.2. The summed E-state index contributed by atoms with van der Waals surface area (Å²) in [6, 6.07) is 14.6. The summed E-state index contributed by atoms with van der Waals surface area (Å²) >= 11 is 1.33. The van der Waals surface area contributed by atoms with Crippen LogP contribution in [0.15, 0.2) is 53.7 Å². The Morgan fingerprint density at radius 2 is 1.81 bits per heavy atom. The molecule has 162 valence electrons. The molecule has 3 aromatic rings. The first-order chi connectivity index (χ1) is 14.9. The Morgan fingerprint density at radius 1 is 1.06 bits per heavy atom. The summed E-state index contributed by atoms with van der Waals surface area (Å²) in [6.45, 7) is 8.50. The fraction of sp³-hybridized carbons (Fsp3) is 0.304. The number of nitrogens with zero attached hydrogens (tertiary/aromatic N) is 3. The van der Waals surface area contributed by atoms with Crippen molar-refractivity contribution in [3.63, 3.8) is 0 Å². The Hall–Kier alpha value is -3.13. The molecule has 0 aliphatic rings. The standard InChI is InChI=1S/C23H27N5O2S/c1-5-28-21(17(4)24-22(30)18-11-7-6-8-12-18)26-27-23(28)31-14-20(29)25-19-13-9-10-15(2)16(19)3/h6-13,17H,5,14H2,1-4H3,(H,24,30)(H,25,29)/t17-/m0/s1. The third kappa shape index (κ3) is 5.52. The maximum absolute atomic E-state index is 12.4. The van der Waals surface area contributed by atoms with Gasteiger partial charge in [0.25, 0.3) is 5.91 Å². The van der Waals surface area contributed by atoms with Crippen LogP contribution in [-0.4, -0.2) is 32.3 Å². The average Bonchev–Trinajstić information content (AvgIpc) is 3.19. The topological polar surface area (TPSA) is 88.9 Å². The number of aromatic nitrogens is 3. The van der Waals surface area contributed by atoms with Crippen LogP contribution in [0.4, 0.5) is 5.69 Å². The first-order valence-electron chi connectivity index (χ1n) is 10.2. The Balaban J connectivity index is 1.63. The van der Waals surface area contributed by atoms with Crippen LogP contribution in [0.5, 0.6) is 0 Å². The summed E-state index contributed by atoms with van der Waals surface area (Å²) in [7, 11) is 0. The van der Waals surface area contributed by atoms with Gasteiger partial charge in [0.2, 0.25) is 5.91 Å². The number of carbonyl (C=O) groups is 2. The highest BCUT2D eigenvalue weighted by molar-refractivity contribution is 7.99. The number of benzene rings is 2. The minimum atomic E-state index is -0.321. The molecule has 1 aromatic heterocycles. The molecule has 0 saturated carbocycles. The van der Waals surface area contributed by atoms with Gasteiger partial charge >= 0.3 is 0 Å². The molecule has 7 nitrogen and oxygen atoms in total. The average molecular weight is 438 g/mol. The van der Waals surface area contributed by atoms with E-state index in [2.05, 4.69) is 20.8 Å². The van der Waals surface area contributed by atoms with Crippen LogP contribution in [0.1, 0.15) is 47.2 Å². The SMILES string of the molecule is CCn1c(SCC(=O)Nc2cccc(C)c2C)nnc1[C@H](C)NC(=O)c1ccccc1. The molecule has 3 rings (SSSR count). The van der Waals surface area contributed by atoms with Crippen LogP contribution in [0.3, 0.4) is 0 Å². The van der Waals surface area contributed by atoms with Gasteiger partial charge in [-0.05, 0) is 57.0 Å². The van der Waals surface area contributed by atoms with Crippen molar-refractivity contribution in [3.05, 3.63) is 71.0 Å². The lowest BCUT2D eigenvalue weighted by Gasteiger charge is -2.15. The Kier molecular flexibility index (Phi) is 7.46. The highest BCUT2D eigenvalue weighted by Gasteiger charge is 2.20. The number of hydrogen-bond acceptors (Lipinski definition) is 5. The van der Waals surface area contributed by atoms with Crippen molar-refractivity contribution in [1.29, 1.82) is 0 Å². The summed E-state index contributed by atoms with van der Waals surface area (Å²) in [5.41, 5.74) is 3.60. The van der Waals surface area contributed by atoms with Crippen LogP contribution in [0, 0.1) is 13.8 Å². The van der Waals surface area contributed by atoms with Gasteiger partial charge in [0.05, 0.1) is 11.8 Å². The van der Waals surface area contributed by atoms with Crippen LogP contribution >= 0.6 is 11.8 Å². The van der Waals surface area contributed by atoms with Crippen LogP contribution in [0.2, 0.25) is 0 Å². The molecule has 8 heteroatoms. The van der Waals surface area contributed by atoms with E-state index >= 15 is 0 Å². The number of thioether (sulfide) groups is 1. The predicted octanol–water partition coefficient (Wildman–Crippen LogP) is 4.14. The first kappa shape index (κ1) is 22.6. The molecule has 2 N–H and O–H groups in total. The van der Waals surface area contributed by atoms with Gasteiger partial charge in [-0.3, -0.25) is 9.59 Å². The third-order valence-corrected chi connectivity index (χ3v) is 6.01. The van der Waals surface area contributed by atoms with E-state index in [1.807, 2.05) is 68.7 Å². The van der Waals surface area contributed by atoms with Gasteiger partial charge in [0, 0.05) is 17.8 Å². The van der Waals surface area contributed by atoms with E-state index in [1.54, 1.807) is 12.1 Å². The van der Waals surface area contributed by atoms with Gasteiger partial charge in [-0.2, -0.15) is 0 Å². The second kappa shape index (κ2) is 10.3. The zero-order valence-corrected chi connectivity index (χ0v) is 19.0. The predicted molar refractivity (Wildman–Crippen MR) is 123 cm³/mol. The van der Waals surface area contributed by atoms with Crippen LogP contribution < -0.4 is 10.6 Å². The summed E-state index contributed by atoms with van der Waals surface area (Å²) in [5.74, 6) is 0.609. The van der Waals surface area contributed by atoms with Crippen molar-refractivity contribution < 1.29 is 9.59 Å². The van der Waals surface area contributed by atoms with E-state index in [0.717, 1.165) is 16.8 Å². The molecular formula is C23H27N5O2S. The lowest BCUT2D eigenvalue weighted by molar-refractivity contribution is -0.113. The van der Waals surface area contributed by atoms with E-state index in [1.165, 1.54) is 11.8 Å². The van der Waals surface area contributed by atoms with Crippen LogP contribution in [-0.2, 0) is 11.3 Å². The minimum Gasteiger partial charge on any atom is -0.342 e. The number of hydrogen-bond donors (Lipinski definition) is 2. The molecule has 0 aliphatic carbocycles. The molecule has 0 spiro atoms. The number of aryl methyl sites for hydroxylation is 1. The van der Waals surface area contributed by atoms with Crippen molar-refractivity contribution in [2.45, 2.75) is 45.4 Å². The summed E-state index contributed by atoms with van der Waals surface area (Å²) in [4.78, 5) is 24.9. The van der Waals surface area contributed by atoms with E-state index in [-0.39, 0.29) is 23.6 Å². The quantitative estimate of drug-likeness (QED) is 0.517. The van der Waals surface area contributed by atoms with E-state index in [9.17, 15) is 9.59 Å².